The molecule has 2 aliphatic rings. The second-order valence-corrected chi connectivity index (χ2v) is 10.6. The van der Waals surface area contributed by atoms with E-state index in [-0.39, 0.29) is 5.56 Å². The van der Waals surface area contributed by atoms with Crippen molar-refractivity contribution < 1.29 is 33.2 Å². The van der Waals surface area contributed by atoms with Crippen LogP contribution in [-0.2, 0) is 30.0 Å². The van der Waals surface area contributed by atoms with Crippen LogP contribution in [-0.4, -0.2) is 42.3 Å². The maximum atomic E-state index is 14.7. The van der Waals surface area contributed by atoms with E-state index in [4.69, 9.17) is 9.47 Å². The minimum absolute atomic E-state index is 0.346. The van der Waals surface area contributed by atoms with Crippen LogP contribution in [0.15, 0.2) is 66.7 Å². The first-order chi connectivity index (χ1) is 19.9. The molecule has 0 radical (unpaired) electrons. The quantitative estimate of drug-likeness (QED) is 0.245. The number of amides is 2. The standard InChI is InChI=1S/C30H29FN4O7/c1-17(2)42-26(36)29-16-30(27(37)41-4,22-15-19(31)11-14-24(22)35(39)40)33-25(29)34(23-8-6-5-7-21(23)29)28(38)32-20-12-9-18(3)10-13-20/h5-15,17,25,33H,16H2,1-4H3,(H,32,38)/t25-,29-,30+/m1/s1. The molecule has 11 nitrogen and oxygen atoms in total. The highest BCUT2D eigenvalue weighted by Gasteiger charge is 2.71. The van der Waals surface area contributed by atoms with Gasteiger partial charge in [0, 0.05) is 18.2 Å². The monoisotopic (exact) mass is 576 g/mol. The van der Waals surface area contributed by atoms with Gasteiger partial charge >= 0.3 is 18.0 Å². The van der Waals surface area contributed by atoms with Crippen LogP contribution >= 0.6 is 0 Å². The molecule has 0 saturated carbocycles. The summed E-state index contributed by atoms with van der Waals surface area (Å²) in [5.41, 5.74) is -2.58. The summed E-state index contributed by atoms with van der Waals surface area (Å²) in [6, 6.07) is 15.8. The number of carbonyl (C=O) groups is 3. The van der Waals surface area contributed by atoms with Crippen LogP contribution in [0.1, 0.15) is 37.0 Å². The molecule has 1 fully saturated rings. The van der Waals surface area contributed by atoms with Crippen molar-refractivity contribution in [3.8, 4) is 0 Å². The Morgan fingerprint density at radius 2 is 1.76 bits per heavy atom. The molecule has 0 spiro atoms. The first-order valence-corrected chi connectivity index (χ1v) is 13.2. The van der Waals surface area contributed by atoms with E-state index in [9.17, 15) is 28.9 Å². The highest BCUT2D eigenvalue weighted by Crippen LogP contribution is 2.57. The van der Waals surface area contributed by atoms with Gasteiger partial charge in [0.2, 0.25) is 0 Å². The number of fused-ring (bicyclic) bond motifs is 3. The molecular formula is C30H29FN4O7. The van der Waals surface area contributed by atoms with Gasteiger partial charge in [-0.1, -0.05) is 35.9 Å². The number of hydrogen-bond acceptors (Lipinski definition) is 8. The number of benzene rings is 3. The molecule has 0 aliphatic carbocycles. The normalized spacial score (nSPS) is 22.3. The van der Waals surface area contributed by atoms with Gasteiger partial charge in [-0.2, -0.15) is 0 Å². The van der Waals surface area contributed by atoms with Crippen molar-refractivity contribution in [2.24, 2.45) is 0 Å². The zero-order valence-electron chi connectivity index (χ0n) is 23.3. The number of nitrogens with one attached hydrogen (secondary N) is 2. The number of halogens is 1. The van der Waals surface area contributed by atoms with Gasteiger partial charge in [0.1, 0.15) is 17.4 Å². The number of rotatable bonds is 6. The molecule has 12 heteroatoms. The van der Waals surface area contributed by atoms with Crippen molar-refractivity contribution >= 4 is 35.0 Å². The second-order valence-electron chi connectivity index (χ2n) is 10.6. The predicted octanol–water partition coefficient (Wildman–Crippen LogP) is 4.67. The molecule has 2 heterocycles. The van der Waals surface area contributed by atoms with Crippen molar-refractivity contribution in [1.29, 1.82) is 0 Å². The van der Waals surface area contributed by atoms with Crippen LogP contribution < -0.4 is 15.5 Å². The SMILES string of the molecule is COC(=O)[C@@]1(c2cc(F)ccc2[N+](=O)[O-])C[C@@]2(C(=O)OC(C)C)c3ccccc3N(C(=O)Nc3ccc(C)cc3)[C@H]2N1. The number of aryl methyl sites for hydroxylation is 1. The van der Waals surface area contributed by atoms with E-state index in [1.54, 1.807) is 50.2 Å². The minimum Gasteiger partial charge on any atom is -0.467 e. The first-order valence-electron chi connectivity index (χ1n) is 13.2. The van der Waals surface area contributed by atoms with Crippen LogP contribution in [0.25, 0.3) is 0 Å². The number of nitrogens with zero attached hydrogens (tertiary/aromatic N) is 2. The van der Waals surface area contributed by atoms with Crippen molar-refractivity contribution in [1.82, 2.24) is 5.32 Å². The summed E-state index contributed by atoms with van der Waals surface area (Å²) < 4.78 is 25.5. The molecular weight excluding hydrogens is 547 g/mol. The maximum Gasteiger partial charge on any atom is 0.331 e. The van der Waals surface area contributed by atoms with E-state index in [2.05, 4.69) is 10.6 Å². The summed E-state index contributed by atoms with van der Waals surface area (Å²) in [5, 5.41) is 17.9. The molecule has 0 aromatic heterocycles. The van der Waals surface area contributed by atoms with Crippen molar-refractivity contribution in [3.63, 3.8) is 0 Å². The Hall–Kier alpha value is -4.84. The predicted molar refractivity (Wildman–Crippen MR) is 150 cm³/mol. The van der Waals surface area contributed by atoms with E-state index >= 15 is 0 Å². The Balaban J connectivity index is 1.75. The highest BCUT2D eigenvalue weighted by molar-refractivity contribution is 6.08. The molecule has 5 rings (SSSR count). The molecule has 218 valence electrons. The van der Waals surface area contributed by atoms with Gasteiger partial charge in [-0.15, -0.1) is 0 Å². The number of nitro groups is 1. The number of urea groups is 1. The summed E-state index contributed by atoms with van der Waals surface area (Å²) in [4.78, 5) is 54.3. The van der Waals surface area contributed by atoms with Crippen LogP contribution in [0.2, 0.25) is 0 Å². The molecule has 3 atom stereocenters. The molecule has 0 bridgehead atoms. The number of ether oxygens (including phenoxy) is 2. The van der Waals surface area contributed by atoms with Gasteiger partial charge < -0.3 is 14.8 Å². The van der Waals surface area contributed by atoms with Gasteiger partial charge in [0.05, 0.1) is 29.4 Å². The summed E-state index contributed by atoms with van der Waals surface area (Å²) >= 11 is 0. The maximum absolute atomic E-state index is 14.7. The van der Waals surface area contributed by atoms with E-state index in [0.717, 1.165) is 30.9 Å². The molecule has 0 unspecified atom stereocenters. The third-order valence-corrected chi connectivity index (χ3v) is 7.67. The van der Waals surface area contributed by atoms with Gasteiger partial charge in [-0.25, -0.2) is 14.0 Å². The molecule has 2 N–H and O–H groups in total. The Kier molecular flexibility index (Phi) is 7.19. The van der Waals surface area contributed by atoms with E-state index in [1.165, 1.54) is 4.90 Å². The topological polar surface area (TPSA) is 140 Å². The average molecular weight is 577 g/mol. The smallest absolute Gasteiger partial charge is 0.331 e. The Bertz CT molecular complexity index is 1590. The third kappa shape index (κ3) is 4.44. The fourth-order valence-corrected chi connectivity index (χ4v) is 5.91. The summed E-state index contributed by atoms with van der Waals surface area (Å²) in [6.07, 6.45) is -2.32. The number of esters is 2. The van der Waals surface area contributed by atoms with E-state index in [0.29, 0.717) is 16.9 Å². The third-order valence-electron chi connectivity index (χ3n) is 7.67. The fourth-order valence-electron chi connectivity index (χ4n) is 5.91. The molecule has 2 aliphatic heterocycles. The van der Waals surface area contributed by atoms with Crippen LogP contribution in [0.3, 0.4) is 0 Å². The summed E-state index contributed by atoms with van der Waals surface area (Å²) in [5.74, 6) is -2.61. The fraction of sp³-hybridized carbons (Fsp3) is 0.300. The molecule has 2 amide bonds. The largest absolute Gasteiger partial charge is 0.467 e. The Morgan fingerprint density at radius 3 is 2.40 bits per heavy atom. The minimum atomic E-state index is -2.12. The summed E-state index contributed by atoms with van der Waals surface area (Å²) in [7, 11) is 1.08. The van der Waals surface area contributed by atoms with Gasteiger partial charge in [-0.05, 0) is 56.7 Å². The Morgan fingerprint density at radius 1 is 1.07 bits per heavy atom. The Labute approximate surface area is 240 Å². The summed E-state index contributed by atoms with van der Waals surface area (Å²) in [6.45, 7) is 5.21. The lowest BCUT2D eigenvalue weighted by molar-refractivity contribution is -0.386. The van der Waals surface area contributed by atoms with Crippen LogP contribution in [0.4, 0.5) is 26.2 Å². The molecule has 3 aromatic carbocycles. The van der Waals surface area contributed by atoms with Gasteiger partial charge in [0.15, 0.2) is 5.54 Å². The van der Waals surface area contributed by atoms with E-state index < -0.39 is 64.0 Å². The van der Waals surface area contributed by atoms with Crippen molar-refractivity contribution in [3.05, 3.63) is 99.4 Å². The zero-order valence-corrected chi connectivity index (χ0v) is 23.3. The number of nitro benzene ring substituents is 1. The number of para-hydroxylation sites is 1. The van der Waals surface area contributed by atoms with Crippen molar-refractivity contribution in [2.45, 2.75) is 50.4 Å². The average Bonchev–Trinajstić information content (AvgIpc) is 3.44. The number of carbonyl (C=O) groups excluding carboxylic acids is 3. The molecule has 3 aromatic rings. The second kappa shape index (κ2) is 10.5. The first kappa shape index (κ1) is 28.7. The van der Waals surface area contributed by atoms with Gasteiger partial charge in [0.25, 0.3) is 5.69 Å². The van der Waals surface area contributed by atoms with Crippen molar-refractivity contribution in [2.75, 3.05) is 17.3 Å². The lowest BCUT2D eigenvalue weighted by Gasteiger charge is -2.31. The van der Waals surface area contributed by atoms with Crippen LogP contribution in [0.5, 0.6) is 0 Å². The number of anilines is 2. The lowest BCUT2D eigenvalue weighted by Crippen LogP contribution is -2.57. The number of methoxy groups -OCH3 is 1. The van der Waals surface area contributed by atoms with E-state index in [1.807, 2.05) is 19.1 Å². The molecule has 42 heavy (non-hydrogen) atoms. The number of hydrogen-bond donors (Lipinski definition) is 2. The van der Waals surface area contributed by atoms with Gasteiger partial charge in [-0.3, -0.25) is 25.1 Å². The highest BCUT2D eigenvalue weighted by atomic mass is 19.1. The molecule has 1 saturated heterocycles. The van der Waals surface area contributed by atoms with Crippen LogP contribution in [0, 0.1) is 22.9 Å². The zero-order chi connectivity index (χ0) is 30.4. The lowest BCUT2D eigenvalue weighted by atomic mass is 9.72.